The van der Waals surface area contributed by atoms with E-state index in [0.29, 0.717) is 24.2 Å². The van der Waals surface area contributed by atoms with Crippen molar-refractivity contribution in [3.8, 4) is 23.3 Å². The number of aromatic nitrogens is 2. The van der Waals surface area contributed by atoms with Gasteiger partial charge in [-0.05, 0) is 30.3 Å². The first-order chi connectivity index (χ1) is 15.4. The van der Waals surface area contributed by atoms with E-state index in [1.165, 1.54) is 0 Å². The second-order valence-electron chi connectivity index (χ2n) is 9.61. The number of nitrogens with zero attached hydrogens (tertiary/aromatic N) is 3. The largest absolute Gasteiger partial charge is 0.477 e. The van der Waals surface area contributed by atoms with E-state index in [1.54, 1.807) is 24.3 Å². The maximum atomic E-state index is 11.8. The van der Waals surface area contributed by atoms with Crippen LogP contribution in [-0.4, -0.2) is 54.8 Å². The number of anilines is 1. The summed E-state index contributed by atoms with van der Waals surface area (Å²) >= 11 is 0. The number of nitrogens with two attached hydrogens (primary N) is 1. The molecule has 0 amide bonds. The van der Waals surface area contributed by atoms with Gasteiger partial charge in [0, 0.05) is 12.0 Å². The van der Waals surface area contributed by atoms with Crippen LogP contribution in [0.4, 0.5) is 5.82 Å². The van der Waals surface area contributed by atoms with E-state index in [9.17, 15) is 9.90 Å². The Hall–Kier alpha value is -3.00. The molecule has 1 aromatic carbocycles. The fraction of sp³-hybridized carbons (Fsp3) is 0.478. The molecule has 9 nitrogen and oxygen atoms in total. The highest BCUT2D eigenvalue weighted by Gasteiger charge is 2.39. The van der Waals surface area contributed by atoms with Crippen LogP contribution < -0.4 is 10.5 Å². The van der Waals surface area contributed by atoms with E-state index in [-0.39, 0.29) is 40.8 Å². The zero-order chi connectivity index (χ0) is 24.4. The molecule has 176 valence electrons. The molecule has 2 heterocycles. The van der Waals surface area contributed by atoms with E-state index in [0.717, 1.165) is 0 Å². The van der Waals surface area contributed by atoms with Crippen LogP contribution >= 0.6 is 0 Å². The monoisotopic (exact) mass is 470 g/mol. The summed E-state index contributed by atoms with van der Waals surface area (Å²) in [5, 5.41) is 18.9. The standard InChI is InChI=1S/C23H30N4O5Si/c1-23(2,3)33(4,5)31-13-16-10-17(12-30-16)32-21-18(22(28)29)19(25)26-20(27-21)15-8-6-7-14(9-15)11-24/h6-9,16-17H,10,12-13H2,1-5H3,(H,28,29)(H2,25,26,27)/t16-,17-/m0/s1. The van der Waals surface area contributed by atoms with E-state index < -0.39 is 20.4 Å². The number of carboxylic acids is 1. The third-order valence-electron chi connectivity index (χ3n) is 6.13. The van der Waals surface area contributed by atoms with E-state index >= 15 is 0 Å². The summed E-state index contributed by atoms with van der Waals surface area (Å²) in [5.74, 6) is -1.42. The Morgan fingerprint density at radius 1 is 1.36 bits per heavy atom. The fourth-order valence-electron chi connectivity index (χ4n) is 3.15. The van der Waals surface area contributed by atoms with Gasteiger partial charge in [-0.2, -0.15) is 10.2 Å². The second-order valence-corrected chi connectivity index (χ2v) is 14.4. The van der Waals surface area contributed by atoms with Gasteiger partial charge in [-0.15, -0.1) is 0 Å². The van der Waals surface area contributed by atoms with Crippen molar-refractivity contribution in [1.29, 1.82) is 5.26 Å². The van der Waals surface area contributed by atoms with Gasteiger partial charge in [0.1, 0.15) is 11.9 Å². The molecule has 3 N–H and O–H groups in total. The topological polar surface area (TPSA) is 141 Å². The molecule has 1 aliphatic rings. The van der Waals surface area contributed by atoms with Crippen LogP contribution in [0.3, 0.4) is 0 Å². The number of rotatable bonds is 7. The third kappa shape index (κ3) is 5.68. The summed E-state index contributed by atoms with van der Waals surface area (Å²) in [6.07, 6.45) is -0.0105. The van der Waals surface area contributed by atoms with Gasteiger partial charge in [0.25, 0.3) is 0 Å². The molecule has 2 aromatic rings. The van der Waals surface area contributed by atoms with E-state index in [2.05, 4.69) is 49.9 Å². The predicted molar refractivity (Wildman–Crippen MR) is 125 cm³/mol. The lowest BCUT2D eigenvalue weighted by Crippen LogP contribution is -2.42. The Balaban J connectivity index is 1.78. The number of carbonyl (C=O) groups is 1. The maximum Gasteiger partial charge on any atom is 0.345 e. The first-order valence-corrected chi connectivity index (χ1v) is 13.7. The van der Waals surface area contributed by atoms with Crippen molar-refractivity contribution in [2.75, 3.05) is 18.9 Å². The normalized spacial score (nSPS) is 18.7. The van der Waals surface area contributed by atoms with Crippen molar-refractivity contribution in [3.63, 3.8) is 0 Å². The molecule has 0 radical (unpaired) electrons. The van der Waals surface area contributed by atoms with Crippen LogP contribution in [0.15, 0.2) is 24.3 Å². The summed E-state index contributed by atoms with van der Waals surface area (Å²) in [7, 11) is -1.91. The SMILES string of the molecule is CC(C)(C)[Si](C)(C)OC[C@@H]1C[C@H](Oc2nc(-c3cccc(C#N)c3)nc(N)c2C(=O)O)CO1. The van der Waals surface area contributed by atoms with Gasteiger partial charge in [-0.1, -0.05) is 32.9 Å². The van der Waals surface area contributed by atoms with Gasteiger partial charge in [0.05, 0.1) is 31.0 Å². The van der Waals surface area contributed by atoms with Crippen LogP contribution in [0.5, 0.6) is 5.88 Å². The number of carboxylic acid groups (broad SMARTS) is 1. The van der Waals surface area contributed by atoms with Crippen LogP contribution in [0.2, 0.25) is 18.1 Å². The smallest absolute Gasteiger partial charge is 0.345 e. The number of nitriles is 1. The number of hydrogen-bond acceptors (Lipinski definition) is 8. The zero-order valence-electron chi connectivity index (χ0n) is 19.6. The number of nitrogen functional groups attached to an aromatic ring is 1. The summed E-state index contributed by atoms with van der Waals surface area (Å²) in [4.78, 5) is 20.2. The average Bonchev–Trinajstić information content (AvgIpc) is 3.18. The van der Waals surface area contributed by atoms with Crippen molar-refractivity contribution < 1.29 is 23.8 Å². The number of benzene rings is 1. The molecule has 10 heteroatoms. The van der Waals surface area contributed by atoms with Crippen molar-refractivity contribution in [1.82, 2.24) is 9.97 Å². The maximum absolute atomic E-state index is 11.8. The van der Waals surface area contributed by atoms with E-state index in [1.807, 2.05) is 0 Å². The van der Waals surface area contributed by atoms with Crippen molar-refractivity contribution >= 4 is 20.1 Å². The van der Waals surface area contributed by atoms with Crippen molar-refractivity contribution in [2.24, 2.45) is 0 Å². The van der Waals surface area contributed by atoms with Gasteiger partial charge in [-0.25, -0.2) is 9.78 Å². The second kappa shape index (κ2) is 9.47. The first-order valence-electron chi connectivity index (χ1n) is 10.7. The number of aromatic carboxylic acids is 1. The minimum Gasteiger partial charge on any atom is -0.477 e. The van der Waals surface area contributed by atoms with Crippen molar-refractivity contribution in [3.05, 3.63) is 35.4 Å². The quantitative estimate of drug-likeness (QED) is 0.577. The molecule has 0 spiro atoms. The molecule has 1 aliphatic heterocycles. The van der Waals surface area contributed by atoms with Crippen LogP contribution in [0.1, 0.15) is 43.1 Å². The molecule has 33 heavy (non-hydrogen) atoms. The summed E-state index contributed by atoms with van der Waals surface area (Å²) in [6.45, 7) is 11.6. The summed E-state index contributed by atoms with van der Waals surface area (Å²) in [6, 6.07) is 8.71. The van der Waals surface area contributed by atoms with Crippen LogP contribution in [-0.2, 0) is 9.16 Å². The molecule has 0 bridgehead atoms. The molecular weight excluding hydrogens is 440 g/mol. The highest BCUT2D eigenvalue weighted by molar-refractivity contribution is 6.74. The van der Waals surface area contributed by atoms with Crippen LogP contribution in [0, 0.1) is 11.3 Å². The Bertz CT molecular complexity index is 1080. The highest BCUT2D eigenvalue weighted by atomic mass is 28.4. The van der Waals surface area contributed by atoms with Gasteiger partial charge in [0.2, 0.25) is 5.88 Å². The predicted octanol–water partition coefficient (Wildman–Crippen LogP) is 3.85. The molecule has 0 unspecified atom stereocenters. The Labute approximate surface area is 194 Å². The minimum atomic E-state index is -1.91. The lowest BCUT2D eigenvalue weighted by atomic mass is 10.1. The molecular formula is C23H30N4O5Si. The third-order valence-corrected chi connectivity index (χ3v) is 10.6. The van der Waals surface area contributed by atoms with Crippen molar-refractivity contribution in [2.45, 2.75) is 57.5 Å². The van der Waals surface area contributed by atoms with Gasteiger partial charge < -0.3 is 24.7 Å². The van der Waals surface area contributed by atoms with Crippen LogP contribution in [0.25, 0.3) is 11.4 Å². The lowest BCUT2D eigenvalue weighted by molar-refractivity contribution is 0.0559. The molecule has 1 aromatic heterocycles. The molecule has 1 saturated heterocycles. The Morgan fingerprint density at radius 3 is 2.73 bits per heavy atom. The first kappa shape index (κ1) is 24.6. The fourth-order valence-corrected chi connectivity index (χ4v) is 4.18. The molecule has 3 rings (SSSR count). The number of ether oxygens (including phenoxy) is 2. The van der Waals surface area contributed by atoms with Gasteiger partial charge >= 0.3 is 5.97 Å². The molecule has 1 fully saturated rings. The van der Waals surface area contributed by atoms with Gasteiger partial charge in [0.15, 0.2) is 19.7 Å². The lowest BCUT2D eigenvalue weighted by Gasteiger charge is -2.36. The molecule has 2 atom stereocenters. The van der Waals surface area contributed by atoms with Gasteiger partial charge in [-0.3, -0.25) is 0 Å². The molecule has 0 aliphatic carbocycles. The average molecular weight is 471 g/mol. The number of hydrogen-bond donors (Lipinski definition) is 2. The summed E-state index contributed by atoms with van der Waals surface area (Å²) in [5.41, 5.74) is 6.61. The van der Waals surface area contributed by atoms with E-state index in [4.69, 9.17) is 24.9 Å². The minimum absolute atomic E-state index is 0.0929. The Kier molecular flexibility index (Phi) is 7.07. The highest BCUT2D eigenvalue weighted by Crippen LogP contribution is 2.37. The Morgan fingerprint density at radius 2 is 2.09 bits per heavy atom. The summed E-state index contributed by atoms with van der Waals surface area (Å²) < 4.78 is 18.0. The zero-order valence-corrected chi connectivity index (χ0v) is 20.6. The molecule has 0 saturated carbocycles.